The second-order valence-electron chi connectivity index (χ2n) is 4.73. The molecule has 0 spiro atoms. The Morgan fingerprint density at radius 1 is 1.25 bits per heavy atom. The lowest BCUT2D eigenvalue weighted by Crippen LogP contribution is -2.26. The number of benzene rings is 1. The van der Waals surface area contributed by atoms with E-state index in [1.54, 1.807) is 0 Å². The smallest absolute Gasteiger partial charge is 0.240 e. The Bertz CT molecular complexity index is 544. The first-order valence-corrected chi connectivity index (χ1v) is 8.40. The summed E-state index contributed by atoms with van der Waals surface area (Å²) < 4.78 is 40.8. The lowest BCUT2D eigenvalue weighted by Gasteiger charge is -2.12. The summed E-state index contributed by atoms with van der Waals surface area (Å²) in [4.78, 5) is 0.0292. The van der Waals surface area contributed by atoms with Gasteiger partial charge in [-0.05, 0) is 37.6 Å². The molecule has 20 heavy (non-hydrogen) atoms. The van der Waals surface area contributed by atoms with E-state index < -0.39 is 15.8 Å². The van der Waals surface area contributed by atoms with Gasteiger partial charge in [-0.1, -0.05) is 20.3 Å². The van der Waals surface area contributed by atoms with E-state index in [0.717, 1.165) is 19.4 Å². The Balaban J connectivity index is 3.05. The average molecular weight is 302 g/mol. The van der Waals surface area contributed by atoms with Crippen LogP contribution in [0.4, 0.5) is 4.39 Å². The van der Waals surface area contributed by atoms with Crippen molar-refractivity contribution in [1.82, 2.24) is 10.0 Å². The Morgan fingerprint density at radius 3 is 2.55 bits per heavy atom. The topological polar surface area (TPSA) is 58.2 Å². The van der Waals surface area contributed by atoms with Crippen molar-refractivity contribution in [2.24, 2.45) is 0 Å². The van der Waals surface area contributed by atoms with Gasteiger partial charge in [0.25, 0.3) is 0 Å². The Hall–Kier alpha value is -0.980. The number of unbranched alkanes of at least 4 members (excludes halogenated alkanes) is 1. The Morgan fingerprint density at radius 2 is 1.95 bits per heavy atom. The van der Waals surface area contributed by atoms with Crippen molar-refractivity contribution < 1.29 is 12.8 Å². The summed E-state index contributed by atoms with van der Waals surface area (Å²) in [6.45, 7) is 6.97. The molecule has 0 heterocycles. The number of sulfonamides is 1. The largest absolute Gasteiger partial charge is 0.313 e. The molecule has 0 amide bonds. The molecule has 2 N–H and O–H groups in total. The molecule has 0 atom stereocenters. The maximum Gasteiger partial charge on any atom is 0.240 e. The highest BCUT2D eigenvalue weighted by Crippen LogP contribution is 2.20. The third kappa shape index (κ3) is 4.54. The van der Waals surface area contributed by atoms with E-state index in [1.165, 1.54) is 19.1 Å². The van der Waals surface area contributed by atoms with Crippen molar-refractivity contribution in [2.45, 2.75) is 45.1 Å². The highest BCUT2D eigenvalue weighted by atomic mass is 32.2. The fourth-order valence-corrected chi connectivity index (χ4v) is 3.19. The lowest BCUT2D eigenvalue weighted by atomic mass is 10.1. The summed E-state index contributed by atoms with van der Waals surface area (Å²) in [5, 5.41) is 3.06. The van der Waals surface area contributed by atoms with Gasteiger partial charge in [0.2, 0.25) is 10.0 Å². The molecule has 0 unspecified atom stereocenters. The van der Waals surface area contributed by atoms with Crippen LogP contribution >= 0.6 is 0 Å². The van der Waals surface area contributed by atoms with Gasteiger partial charge in [0.05, 0.1) is 4.90 Å². The average Bonchev–Trinajstić information content (AvgIpc) is 2.39. The van der Waals surface area contributed by atoms with Crippen molar-refractivity contribution in [2.75, 3.05) is 13.1 Å². The van der Waals surface area contributed by atoms with Crippen LogP contribution in [0, 0.1) is 12.7 Å². The summed E-state index contributed by atoms with van der Waals surface area (Å²) >= 11 is 0. The summed E-state index contributed by atoms with van der Waals surface area (Å²) in [7, 11) is -3.65. The van der Waals surface area contributed by atoms with Crippen LogP contribution in [0.15, 0.2) is 17.0 Å². The zero-order valence-corrected chi connectivity index (χ0v) is 13.1. The van der Waals surface area contributed by atoms with Crippen molar-refractivity contribution >= 4 is 10.0 Å². The van der Waals surface area contributed by atoms with Gasteiger partial charge in [0.1, 0.15) is 5.82 Å². The molecule has 0 saturated carbocycles. The molecular weight excluding hydrogens is 279 g/mol. The molecule has 0 radical (unpaired) electrons. The molecule has 4 nitrogen and oxygen atoms in total. The van der Waals surface area contributed by atoms with Gasteiger partial charge in [0, 0.05) is 18.7 Å². The molecule has 0 aromatic heterocycles. The van der Waals surface area contributed by atoms with Crippen molar-refractivity contribution in [3.8, 4) is 0 Å². The van der Waals surface area contributed by atoms with Gasteiger partial charge in [-0.25, -0.2) is 17.5 Å². The molecule has 0 saturated heterocycles. The number of rotatable bonds is 8. The molecule has 114 valence electrons. The third-order valence-electron chi connectivity index (χ3n) is 3.05. The second kappa shape index (κ2) is 7.71. The summed E-state index contributed by atoms with van der Waals surface area (Å²) in [6, 6.07) is 2.92. The van der Waals surface area contributed by atoms with Crippen LogP contribution < -0.4 is 10.0 Å². The Labute approximate surface area is 120 Å². The first kappa shape index (κ1) is 17.1. The second-order valence-corrected chi connectivity index (χ2v) is 6.47. The fraction of sp³-hybridized carbons (Fsp3) is 0.571. The van der Waals surface area contributed by atoms with Crippen LogP contribution in [-0.2, 0) is 16.6 Å². The van der Waals surface area contributed by atoms with Crippen LogP contribution in [0.5, 0.6) is 0 Å². The molecule has 0 fully saturated rings. The highest BCUT2D eigenvalue weighted by molar-refractivity contribution is 7.89. The fourth-order valence-electron chi connectivity index (χ4n) is 1.82. The van der Waals surface area contributed by atoms with Gasteiger partial charge in [-0.15, -0.1) is 0 Å². The van der Waals surface area contributed by atoms with Crippen LogP contribution in [0.25, 0.3) is 0 Å². The lowest BCUT2D eigenvalue weighted by molar-refractivity contribution is 0.570. The van der Waals surface area contributed by atoms with E-state index in [2.05, 4.69) is 10.0 Å². The predicted molar refractivity (Wildman–Crippen MR) is 78.6 cm³/mol. The van der Waals surface area contributed by atoms with Crippen LogP contribution in [0.2, 0.25) is 0 Å². The molecule has 6 heteroatoms. The van der Waals surface area contributed by atoms with Crippen molar-refractivity contribution in [3.05, 3.63) is 29.1 Å². The van der Waals surface area contributed by atoms with Gasteiger partial charge in [0.15, 0.2) is 0 Å². The maximum atomic E-state index is 13.9. The normalized spacial score (nSPS) is 11.8. The summed E-state index contributed by atoms with van der Waals surface area (Å²) in [5.41, 5.74) is 0.792. The van der Waals surface area contributed by atoms with E-state index in [0.29, 0.717) is 18.7 Å². The summed E-state index contributed by atoms with van der Waals surface area (Å²) in [6.07, 6.45) is 1.66. The minimum Gasteiger partial charge on any atom is -0.313 e. The highest BCUT2D eigenvalue weighted by Gasteiger charge is 2.19. The SMILES string of the molecule is CCCCNS(=O)(=O)c1cc(CNCC)cc(F)c1C. The van der Waals surface area contributed by atoms with Crippen LogP contribution in [0.3, 0.4) is 0 Å². The minimum atomic E-state index is -3.65. The van der Waals surface area contributed by atoms with E-state index in [9.17, 15) is 12.8 Å². The van der Waals surface area contributed by atoms with Gasteiger partial charge < -0.3 is 5.32 Å². The van der Waals surface area contributed by atoms with Crippen molar-refractivity contribution in [3.63, 3.8) is 0 Å². The molecule has 0 aliphatic rings. The standard InChI is InChI=1S/C14H23FN2O2S/c1-4-6-7-17-20(18,19)14-9-12(10-16-5-2)8-13(15)11(14)3/h8-9,16-17H,4-7,10H2,1-3H3. The van der Waals surface area contributed by atoms with Crippen LogP contribution in [-0.4, -0.2) is 21.5 Å². The van der Waals surface area contributed by atoms with Gasteiger partial charge in [-0.2, -0.15) is 0 Å². The molecule has 1 rings (SSSR count). The van der Waals surface area contributed by atoms with E-state index in [1.807, 2.05) is 13.8 Å². The molecule has 1 aromatic rings. The number of hydrogen-bond acceptors (Lipinski definition) is 3. The minimum absolute atomic E-state index is 0.0292. The maximum absolute atomic E-state index is 13.9. The van der Waals surface area contributed by atoms with E-state index in [-0.39, 0.29) is 10.5 Å². The number of halogens is 1. The molecule has 1 aromatic carbocycles. The van der Waals surface area contributed by atoms with E-state index in [4.69, 9.17) is 0 Å². The third-order valence-corrected chi connectivity index (χ3v) is 4.63. The monoisotopic (exact) mass is 302 g/mol. The van der Waals surface area contributed by atoms with Crippen LogP contribution in [0.1, 0.15) is 37.8 Å². The zero-order chi connectivity index (χ0) is 15.2. The number of hydrogen-bond donors (Lipinski definition) is 2. The first-order valence-electron chi connectivity index (χ1n) is 6.91. The predicted octanol–water partition coefficient (Wildman–Crippen LogP) is 2.32. The van der Waals surface area contributed by atoms with Gasteiger partial charge in [-0.3, -0.25) is 0 Å². The number of nitrogens with one attached hydrogen (secondary N) is 2. The Kier molecular flexibility index (Phi) is 6.58. The molecular formula is C14H23FN2O2S. The zero-order valence-electron chi connectivity index (χ0n) is 12.3. The molecule has 0 bridgehead atoms. The molecule has 0 aliphatic carbocycles. The first-order chi connectivity index (χ1) is 9.42. The van der Waals surface area contributed by atoms with Crippen molar-refractivity contribution in [1.29, 1.82) is 0 Å². The quantitative estimate of drug-likeness (QED) is 0.725. The molecule has 0 aliphatic heterocycles. The summed E-state index contributed by atoms with van der Waals surface area (Å²) in [5.74, 6) is -0.490. The van der Waals surface area contributed by atoms with E-state index >= 15 is 0 Å². The van der Waals surface area contributed by atoms with Gasteiger partial charge >= 0.3 is 0 Å².